The summed E-state index contributed by atoms with van der Waals surface area (Å²) in [5.41, 5.74) is 3.10. The van der Waals surface area contributed by atoms with Gasteiger partial charge in [-0.15, -0.1) is 0 Å². The van der Waals surface area contributed by atoms with E-state index in [9.17, 15) is 13.7 Å². The zero-order chi connectivity index (χ0) is 26.7. The molecule has 4 rings (SSSR count). The highest BCUT2D eigenvalue weighted by Gasteiger charge is 2.22. The van der Waals surface area contributed by atoms with Crippen molar-refractivity contribution >= 4 is 39.0 Å². The first-order valence-electron chi connectivity index (χ1n) is 11.7. The van der Waals surface area contributed by atoms with Crippen LogP contribution >= 0.6 is 23.2 Å². The molecule has 0 spiro atoms. The Bertz CT molecular complexity index is 1440. The summed E-state index contributed by atoms with van der Waals surface area (Å²) in [7, 11) is -3.29. The third-order valence-electron chi connectivity index (χ3n) is 6.27. The molecular formula is C26H27Cl2N5O3S. The van der Waals surface area contributed by atoms with Crippen LogP contribution in [0.25, 0.3) is 0 Å². The molecule has 0 amide bonds. The van der Waals surface area contributed by atoms with E-state index >= 15 is 0 Å². The summed E-state index contributed by atoms with van der Waals surface area (Å²) < 4.78 is 29.5. The molecule has 1 fully saturated rings. The molecule has 37 heavy (non-hydrogen) atoms. The van der Waals surface area contributed by atoms with E-state index in [1.54, 1.807) is 24.3 Å². The zero-order valence-electron chi connectivity index (χ0n) is 20.8. The minimum Gasteiger partial charge on any atom is -0.437 e. The number of rotatable bonds is 7. The van der Waals surface area contributed by atoms with Crippen molar-refractivity contribution < 1.29 is 13.2 Å². The Balaban J connectivity index is 1.37. The highest BCUT2D eigenvalue weighted by atomic mass is 35.5. The maximum Gasteiger partial charge on any atom is 0.243 e. The monoisotopic (exact) mass is 559 g/mol. The standard InChI is InChI=1S/C26H27Cl2N5O3S/c1-16-10-18(13-29)11-17(2)24(16)36-25-23(28)14-30-26(32-25)31-20-6-8-33(9-7-20)15-19-4-5-21(12-22(19)27)37(3,34)35/h4-5,10-12,14,20H,6-9,15H2,1-3H3,(H,30,31,32). The minimum absolute atomic E-state index is 0.173. The summed E-state index contributed by atoms with van der Waals surface area (Å²) in [5, 5.41) is 13.3. The van der Waals surface area contributed by atoms with Gasteiger partial charge in [0.2, 0.25) is 11.8 Å². The van der Waals surface area contributed by atoms with Gasteiger partial charge in [-0.05, 0) is 67.6 Å². The lowest BCUT2D eigenvalue weighted by molar-refractivity contribution is 0.211. The Morgan fingerprint density at radius 2 is 1.81 bits per heavy atom. The number of piperidine rings is 1. The molecule has 1 saturated heterocycles. The molecule has 8 nitrogen and oxygen atoms in total. The number of nitrogens with one attached hydrogen (secondary N) is 1. The molecule has 1 aliphatic heterocycles. The summed E-state index contributed by atoms with van der Waals surface area (Å²) in [6, 6.07) is 10.7. The van der Waals surface area contributed by atoms with Crippen molar-refractivity contribution in [3.63, 3.8) is 0 Å². The summed E-state index contributed by atoms with van der Waals surface area (Å²) in [6.07, 6.45) is 4.42. The molecule has 0 atom stereocenters. The Labute approximate surface area is 227 Å². The van der Waals surface area contributed by atoms with Crippen LogP contribution in [0, 0.1) is 25.2 Å². The maximum absolute atomic E-state index is 11.7. The molecule has 1 aliphatic rings. The molecule has 0 radical (unpaired) electrons. The van der Waals surface area contributed by atoms with Crippen LogP contribution in [0.5, 0.6) is 11.6 Å². The number of hydrogen-bond acceptors (Lipinski definition) is 8. The fourth-order valence-corrected chi connectivity index (χ4v) is 5.39. The van der Waals surface area contributed by atoms with Gasteiger partial charge >= 0.3 is 0 Å². The summed E-state index contributed by atoms with van der Waals surface area (Å²) in [6.45, 7) is 6.07. The number of aromatic nitrogens is 2. The van der Waals surface area contributed by atoms with Gasteiger partial charge in [0.1, 0.15) is 10.8 Å². The number of halogens is 2. The van der Waals surface area contributed by atoms with Crippen LogP contribution in [0.15, 0.2) is 41.4 Å². The van der Waals surface area contributed by atoms with Gasteiger partial charge in [-0.2, -0.15) is 10.2 Å². The molecule has 0 aliphatic carbocycles. The number of nitriles is 1. The van der Waals surface area contributed by atoms with E-state index in [0.717, 1.165) is 42.6 Å². The lowest BCUT2D eigenvalue weighted by atomic mass is 10.0. The van der Waals surface area contributed by atoms with Crippen LogP contribution in [0.3, 0.4) is 0 Å². The van der Waals surface area contributed by atoms with Crippen molar-refractivity contribution in [1.82, 2.24) is 14.9 Å². The molecule has 11 heteroatoms. The van der Waals surface area contributed by atoms with Gasteiger partial charge in [0.05, 0.1) is 22.7 Å². The van der Waals surface area contributed by atoms with Gasteiger partial charge in [0.25, 0.3) is 0 Å². The lowest BCUT2D eigenvalue weighted by Crippen LogP contribution is -2.39. The number of anilines is 1. The number of hydrogen-bond donors (Lipinski definition) is 1. The number of sulfone groups is 1. The first-order valence-corrected chi connectivity index (χ1v) is 14.4. The highest BCUT2D eigenvalue weighted by Crippen LogP contribution is 2.33. The topological polar surface area (TPSA) is 108 Å². The van der Waals surface area contributed by atoms with Crippen LogP contribution in [0.4, 0.5) is 5.95 Å². The Hall–Kier alpha value is -2.90. The van der Waals surface area contributed by atoms with Gasteiger partial charge in [-0.25, -0.2) is 13.4 Å². The average molecular weight is 561 g/mol. The summed E-state index contributed by atoms with van der Waals surface area (Å²) >= 11 is 12.7. The summed E-state index contributed by atoms with van der Waals surface area (Å²) in [5.74, 6) is 1.29. The SMILES string of the molecule is Cc1cc(C#N)cc(C)c1Oc1nc(NC2CCN(Cc3ccc(S(C)(=O)=O)cc3Cl)CC2)ncc1Cl. The Morgan fingerprint density at radius 3 is 2.41 bits per heavy atom. The van der Waals surface area contributed by atoms with Crippen molar-refractivity contribution in [2.75, 3.05) is 24.7 Å². The van der Waals surface area contributed by atoms with E-state index in [2.05, 4.69) is 26.3 Å². The van der Waals surface area contributed by atoms with E-state index in [4.69, 9.17) is 27.9 Å². The van der Waals surface area contributed by atoms with E-state index in [-0.39, 0.29) is 16.8 Å². The molecule has 1 N–H and O–H groups in total. The third kappa shape index (κ3) is 6.70. The average Bonchev–Trinajstić information content (AvgIpc) is 2.84. The molecule has 2 aromatic carbocycles. The van der Waals surface area contributed by atoms with Crippen LogP contribution in [-0.2, 0) is 16.4 Å². The van der Waals surface area contributed by atoms with E-state index < -0.39 is 9.84 Å². The number of ether oxygens (including phenoxy) is 1. The van der Waals surface area contributed by atoms with E-state index in [0.29, 0.717) is 33.9 Å². The van der Waals surface area contributed by atoms with Crippen LogP contribution < -0.4 is 10.1 Å². The number of likely N-dealkylation sites (tertiary alicyclic amines) is 1. The second-order valence-electron chi connectivity index (χ2n) is 9.22. The largest absolute Gasteiger partial charge is 0.437 e. The van der Waals surface area contributed by atoms with Crippen molar-refractivity contribution in [3.05, 3.63) is 68.8 Å². The number of benzene rings is 2. The fourth-order valence-electron chi connectivity index (χ4n) is 4.31. The quantitative estimate of drug-likeness (QED) is 0.401. The van der Waals surface area contributed by atoms with Gasteiger partial charge in [0, 0.05) is 37.0 Å². The predicted octanol–water partition coefficient (Wildman–Crippen LogP) is 5.54. The van der Waals surface area contributed by atoms with Crippen molar-refractivity contribution in [1.29, 1.82) is 5.26 Å². The maximum atomic E-state index is 11.7. The van der Waals surface area contributed by atoms with E-state index in [1.807, 2.05) is 13.8 Å². The second-order valence-corrected chi connectivity index (χ2v) is 12.1. The summed E-state index contributed by atoms with van der Waals surface area (Å²) in [4.78, 5) is 11.3. The Morgan fingerprint density at radius 1 is 1.14 bits per heavy atom. The first-order chi connectivity index (χ1) is 17.5. The second kappa shape index (κ2) is 11.2. The highest BCUT2D eigenvalue weighted by molar-refractivity contribution is 7.90. The smallest absolute Gasteiger partial charge is 0.243 e. The first kappa shape index (κ1) is 27.1. The number of nitrogens with zero attached hydrogens (tertiary/aromatic N) is 4. The van der Waals surface area contributed by atoms with Crippen LogP contribution in [0.2, 0.25) is 10.0 Å². The molecule has 0 bridgehead atoms. The van der Waals surface area contributed by atoms with Crippen molar-refractivity contribution in [3.8, 4) is 17.7 Å². The third-order valence-corrected chi connectivity index (χ3v) is 7.99. The van der Waals surface area contributed by atoms with Crippen molar-refractivity contribution in [2.45, 2.75) is 44.2 Å². The molecule has 3 aromatic rings. The fraction of sp³-hybridized carbons (Fsp3) is 0.346. The molecule has 194 valence electrons. The molecule has 1 aromatic heterocycles. The minimum atomic E-state index is -3.29. The van der Waals surface area contributed by atoms with Gasteiger partial charge in [-0.1, -0.05) is 29.3 Å². The molecule has 0 saturated carbocycles. The molecule has 0 unspecified atom stereocenters. The molecule has 2 heterocycles. The normalized spacial score (nSPS) is 14.8. The zero-order valence-corrected chi connectivity index (χ0v) is 23.1. The predicted molar refractivity (Wildman–Crippen MR) is 144 cm³/mol. The molecular weight excluding hydrogens is 533 g/mol. The van der Waals surface area contributed by atoms with Crippen molar-refractivity contribution in [2.24, 2.45) is 0 Å². The van der Waals surface area contributed by atoms with Gasteiger partial charge in [-0.3, -0.25) is 4.90 Å². The van der Waals surface area contributed by atoms with Crippen LogP contribution in [-0.4, -0.2) is 48.7 Å². The van der Waals surface area contributed by atoms with E-state index in [1.165, 1.54) is 18.5 Å². The van der Waals surface area contributed by atoms with Gasteiger partial charge < -0.3 is 10.1 Å². The lowest BCUT2D eigenvalue weighted by Gasteiger charge is -2.32. The Kier molecular flexibility index (Phi) is 8.24. The van der Waals surface area contributed by atoms with Gasteiger partial charge in [0.15, 0.2) is 9.84 Å². The van der Waals surface area contributed by atoms with Crippen LogP contribution in [0.1, 0.15) is 35.1 Å². The number of aryl methyl sites for hydroxylation is 2.